The molecule has 76 valence electrons. The molecule has 0 saturated carbocycles. The fourth-order valence-electron chi connectivity index (χ4n) is 1.16. The second-order valence-electron chi connectivity index (χ2n) is 2.85. The van der Waals surface area contributed by atoms with Gasteiger partial charge in [-0.15, -0.1) is 0 Å². The molecule has 2 nitrogen and oxygen atoms in total. The topological polar surface area (TPSA) is 25.8 Å². The molecule has 0 aliphatic rings. The van der Waals surface area contributed by atoms with Gasteiger partial charge in [0.1, 0.15) is 5.15 Å². The lowest BCUT2D eigenvalue weighted by Gasteiger charge is -2.01. The average Bonchev–Trinajstić information content (AvgIpc) is 2.17. The molecule has 0 spiro atoms. The molecule has 0 saturated heterocycles. The molecule has 5 heteroatoms. The third-order valence-corrected chi connectivity index (χ3v) is 2.70. The number of halogens is 3. The molecule has 0 atom stereocenters. The zero-order chi connectivity index (χ0) is 10.8. The van der Waals surface area contributed by atoms with Gasteiger partial charge in [0.15, 0.2) is 0 Å². The van der Waals surface area contributed by atoms with Gasteiger partial charge in [-0.25, -0.2) is 9.97 Å². The lowest BCUT2D eigenvalue weighted by molar-refractivity contribution is 1.17. The van der Waals surface area contributed by atoms with E-state index in [-0.39, 0.29) is 5.28 Å². The Bertz CT molecular complexity index is 465. The molecule has 15 heavy (non-hydrogen) atoms. The Morgan fingerprint density at radius 1 is 1.00 bits per heavy atom. The van der Waals surface area contributed by atoms with E-state index in [1.54, 1.807) is 6.07 Å². The summed E-state index contributed by atoms with van der Waals surface area (Å²) in [7, 11) is 0. The Morgan fingerprint density at radius 2 is 1.67 bits per heavy atom. The van der Waals surface area contributed by atoms with Crippen molar-refractivity contribution in [3.8, 4) is 11.3 Å². The number of benzene rings is 1. The van der Waals surface area contributed by atoms with Crippen molar-refractivity contribution in [3.63, 3.8) is 0 Å². The molecule has 0 N–H and O–H groups in total. The Balaban J connectivity index is 2.49. The highest BCUT2D eigenvalue weighted by molar-refractivity contribution is 9.10. The lowest BCUT2D eigenvalue weighted by atomic mass is 10.1. The van der Waals surface area contributed by atoms with E-state index in [0.29, 0.717) is 10.8 Å². The smallest absolute Gasteiger partial charge is 0.218 e. The summed E-state index contributed by atoms with van der Waals surface area (Å²) >= 11 is 14.9. The van der Waals surface area contributed by atoms with Gasteiger partial charge in [-0.2, -0.15) is 0 Å². The van der Waals surface area contributed by atoms with Gasteiger partial charge in [0, 0.05) is 16.1 Å². The summed E-state index contributed by atoms with van der Waals surface area (Å²) in [6, 6.07) is 9.40. The van der Waals surface area contributed by atoms with Crippen molar-refractivity contribution in [2.75, 3.05) is 0 Å². The molecule has 1 heterocycles. The van der Waals surface area contributed by atoms with Crippen molar-refractivity contribution >= 4 is 39.1 Å². The first kappa shape index (κ1) is 10.9. The molecule has 0 radical (unpaired) electrons. The predicted octanol–water partition coefficient (Wildman–Crippen LogP) is 4.21. The van der Waals surface area contributed by atoms with Gasteiger partial charge < -0.3 is 0 Å². The minimum Gasteiger partial charge on any atom is -0.218 e. The van der Waals surface area contributed by atoms with Gasteiger partial charge in [-0.1, -0.05) is 39.7 Å². The van der Waals surface area contributed by atoms with Crippen molar-refractivity contribution in [1.82, 2.24) is 9.97 Å². The van der Waals surface area contributed by atoms with Crippen LogP contribution in [-0.2, 0) is 0 Å². The monoisotopic (exact) mass is 302 g/mol. The summed E-state index contributed by atoms with van der Waals surface area (Å²) in [5, 5.41) is 0.494. The number of nitrogens with zero attached hydrogens (tertiary/aromatic N) is 2. The Morgan fingerprint density at radius 3 is 2.27 bits per heavy atom. The van der Waals surface area contributed by atoms with E-state index in [1.165, 1.54) is 0 Å². The van der Waals surface area contributed by atoms with Gasteiger partial charge in [-0.05, 0) is 23.7 Å². The number of rotatable bonds is 1. The maximum absolute atomic E-state index is 5.79. The molecule has 1 aromatic heterocycles. The molecule has 2 aromatic rings. The Kier molecular flexibility index (Phi) is 3.24. The highest BCUT2D eigenvalue weighted by Crippen LogP contribution is 2.23. The average molecular weight is 304 g/mol. The number of hydrogen-bond acceptors (Lipinski definition) is 2. The molecule has 1 aromatic carbocycles. The van der Waals surface area contributed by atoms with Crippen LogP contribution < -0.4 is 0 Å². The molecule has 0 fully saturated rings. The molecule has 0 unspecified atom stereocenters. The summed E-state index contributed by atoms with van der Waals surface area (Å²) in [6.07, 6.45) is 0. The van der Waals surface area contributed by atoms with Crippen molar-refractivity contribution in [1.29, 1.82) is 0 Å². The van der Waals surface area contributed by atoms with E-state index in [9.17, 15) is 0 Å². The fourth-order valence-corrected chi connectivity index (χ4v) is 1.83. The number of hydrogen-bond donors (Lipinski definition) is 0. The first-order valence-corrected chi connectivity index (χ1v) is 5.66. The zero-order valence-electron chi connectivity index (χ0n) is 7.42. The van der Waals surface area contributed by atoms with E-state index in [2.05, 4.69) is 25.9 Å². The third-order valence-electron chi connectivity index (χ3n) is 1.81. The normalized spacial score (nSPS) is 10.3. The van der Waals surface area contributed by atoms with Gasteiger partial charge >= 0.3 is 0 Å². The molecule has 0 aliphatic carbocycles. The predicted molar refractivity (Wildman–Crippen MR) is 65.2 cm³/mol. The molecule has 2 rings (SSSR count). The van der Waals surface area contributed by atoms with Crippen LogP contribution in [0.5, 0.6) is 0 Å². The zero-order valence-corrected chi connectivity index (χ0v) is 10.5. The van der Waals surface area contributed by atoms with Crippen LogP contribution >= 0.6 is 39.1 Å². The van der Waals surface area contributed by atoms with Crippen LogP contribution in [0, 0.1) is 0 Å². The fraction of sp³-hybridized carbons (Fsp3) is 0. The van der Waals surface area contributed by atoms with E-state index >= 15 is 0 Å². The highest BCUT2D eigenvalue weighted by Gasteiger charge is 2.03. The quantitative estimate of drug-likeness (QED) is 0.582. The van der Waals surface area contributed by atoms with Crippen molar-refractivity contribution < 1.29 is 0 Å². The third kappa shape index (κ3) is 2.68. The second kappa shape index (κ2) is 4.47. The second-order valence-corrected chi connectivity index (χ2v) is 4.49. The van der Waals surface area contributed by atoms with Crippen LogP contribution in [-0.4, -0.2) is 9.97 Å². The summed E-state index contributed by atoms with van der Waals surface area (Å²) in [6.45, 7) is 0. The summed E-state index contributed by atoms with van der Waals surface area (Å²) in [5.41, 5.74) is 1.66. The van der Waals surface area contributed by atoms with Crippen LogP contribution in [0.15, 0.2) is 34.8 Å². The first-order valence-electron chi connectivity index (χ1n) is 4.11. The van der Waals surface area contributed by atoms with Crippen LogP contribution in [0.4, 0.5) is 0 Å². The summed E-state index contributed by atoms with van der Waals surface area (Å²) in [4.78, 5) is 7.88. The van der Waals surface area contributed by atoms with Gasteiger partial charge in [0.2, 0.25) is 5.28 Å². The molecule has 0 bridgehead atoms. The number of aromatic nitrogens is 2. The molecule has 0 amide bonds. The first-order chi connectivity index (χ1) is 7.15. The largest absolute Gasteiger partial charge is 0.224 e. The van der Waals surface area contributed by atoms with Crippen molar-refractivity contribution in [3.05, 3.63) is 45.2 Å². The van der Waals surface area contributed by atoms with Crippen LogP contribution in [0.25, 0.3) is 11.3 Å². The van der Waals surface area contributed by atoms with E-state index in [0.717, 1.165) is 10.0 Å². The van der Waals surface area contributed by atoms with Gasteiger partial charge in [0.25, 0.3) is 0 Å². The minimum absolute atomic E-state index is 0.153. The van der Waals surface area contributed by atoms with E-state index in [1.807, 2.05) is 24.3 Å². The molecule has 0 aliphatic heterocycles. The van der Waals surface area contributed by atoms with E-state index in [4.69, 9.17) is 23.2 Å². The Labute approximate surface area is 105 Å². The molecular formula is C10H5BrCl2N2. The van der Waals surface area contributed by atoms with Crippen molar-refractivity contribution in [2.24, 2.45) is 0 Å². The molecular weight excluding hydrogens is 299 g/mol. The lowest BCUT2D eigenvalue weighted by Crippen LogP contribution is -1.87. The van der Waals surface area contributed by atoms with E-state index < -0.39 is 0 Å². The maximum Gasteiger partial charge on any atom is 0.224 e. The van der Waals surface area contributed by atoms with Crippen LogP contribution in [0.2, 0.25) is 10.4 Å². The standard InChI is InChI=1S/C10H5BrCl2N2/c11-7-3-1-6(2-4-7)8-5-9(12)15-10(13)14-8/h1-5H. The summed E-state index contributed by atoms with van der Waals surface area (Å²) < 4.78 is 1.01. The van der Waals surface area contributed by atoms with Gasteiger partial charge in [-0.3, -0.25) is 0 Å². The maximum atomic E-state index is 5.79. The summed E-state index contributed by atoms with van der Waals surface area (Å²) in [5.74, 6) is 0. The Hall–Kier alpha value is -0.640. The van der Waals surface area contributed by atoms with Gasteiger partial charge in [0.05, 0.1) is 5.69 Å². The van der Waals surface area contributed by atoms with Crippen LogP contribution in [0.3, 0.4) is 0 Å². The highest BCUT2D eigenvalue weighted by atomic mass is 79.9. The SMILES string of the molecule is Clc1cc(-c2ccc(Br)cc2)nc(Cl)n1. The van der Waals surface area contributed by atoms with Crippen LogP contribution in [0.1, 0.15) is 0 Å². The van der Waals surface area contributed by atoms with Crippen molar-refractivity contribution in [2.45, 2.75) is 0 Å². The minimum atomic E-state index is 0.153.